The molecule has 21 heavy (non-hydrogen) atoms. The molecule has 0 aromatic carbocycles. The molecule has 1 atom stereocenters. The molecule has 0 saturated carbocycles. The molecule has 1 unspecified atom stereocenters. The van der Waals surface area contributed by atoms with Crippen molar-refractivity contribution >= 4 is 27.4 Å². The molecule has 114 valence electrons. The summed E-state index contributed by atoms with van der Waals surface area (Å²) < 4.78 is 5.39. The highest BCUT2D eigenvalue weighted by Crippen LogP contribution is 2.32. The lowest BCUT2D eigenvalue weighted by Gasteiger charge is -2.33. The fourth-order valence-corrected chi connectivity index (χ4v) is 3.70. The van der Waals surface area contributed by atoms with Crippen LogP contribution in [0.3, 0.4) is 0 Å². The number of aliphatic hydroxyl groups is 1. The average molecular weight is 308 g/mol. The van der Waals surface area contributed by atoms with E-state index in [1.165, 1.54) is 10.4 Å². The van der Waals surface area contributed by atoms with Crippen LogP contribution in [0.2, 0.25) is 0 Å². The van der Waals surface area contributed by atoms with Gasteiger partial charge < -0.3 is 15.6 Å². The Morgan fingerprint density at radius 2 is 2.24 bits per heavy atom. The molecule has 0 bridgehead atoms. The number of fused-ring (bicyclic) bond motifs is 1. The molecule has 3 N–H and O–H groups in total. The van der Waals surface area contributed by atoms with Crippen LogP contribution in [0.1, 0.15) is 16.3 Å². The number of nitrogens with zero attached hydrogens (tertiary/aromatic N) is 3. The molecular weight excluding hydrogens is 288 g/mol. The van der Waals surface area contributed by atoms with Crippen LogP contribution in [-0.2, 0) is 11.3 Å². The fraction of sp³-hybridized carbons (Fsp3) is 0.571. The van der Waals surface area contributed by atoms with Gasteiger partial charge in [0.05, 0.1) is 37.8 Å². The first-order valence-corrected chi connectivity index (χ1v) is 7.86. The molecule has 1 aliphatic rings. The van der Waals surface area contributed by atoms with Crippen LogP contribution < -0.4 is 5.73 Å². The van der Waals surface area contributed by atoms with Crippen LogP contribution in [-0.4, -0.2) is 52.4 Å². The summed E-state index contributed by atoms with van der Waals surface area (Å²) in [5.74, 6) is 1.26. The fourth-order valence-electron chi connectivity index (χ4n) is 2.64. The summed E-state index contributed by atoms with van der Waals surface area (Å²) in [5, 5.41) is 10.4. The number of aliphatic hydroxyl groups excluding tert-OH is 1. The zero-order chi connectivity index (χ0) is 15.0. The van der Waals surface area contributed by atoms with E-state index in [1.807, 2.05) is 0 Å². The molecule has 3 rings (SSSR count). The van der Waals surface area contributed by atoms with Crippen LogP contribution in [0, 0.1) is 13.8 Å². The molecule has 2 aromatic rings. The molecule has 7 heteroatoms. The van der Waals surface area contributed by atoms with Crippen LogP contribution in [0.5, 0.6) is 0 Å². The first-order chi connectivity index (χ1) is 10.1. The number of thiophene rings is 1. The van der Waals surface area contributed by atoms with Gasteiger partial charge in [0, 0.05) is 11.4 Å². The van der Waals surface area contributed by atoms with Crippen molar-refractivity contribution < 1.29 is 9.84 Å². The van der Waals surface area contributed by atoms with E-state index in [0.717, 1.165) is 16.8 Å². The largest absolute Gasteiger partial charge is 0.395 e. The topological polar surface area (TPSA) is 84.5 Å². The van der Waals surface area contributed by atoms with E-state index in [1.54, 1.807) is 11.3 Å². The van der Waals surface area contributed by atoms with Gasteiger partial charge in [0.1, 0.15) is 16.5 Å². The Morgan fingerprint density at radius 1 is 1.43 bits per heavy atom. The standard InChI is InChI=1S/C14H20N4O2S/c1-8-9(2)21-14-12(8)13(15)16-11(17-14)5-18-3-4-20-7-10(18)6-19/h10,19H,3-7H2,1-2H3,(H2,15,16,17). The van der Waals surface area contributed by atoms with Crippen LogP contribution in [0.15, 0.2) is 0 Å². The lowest BCUT2D eigenvalue weighted by molar-refractivity contribution is -0.0322. The van der Waals surface area contributed by atoms with Gasteiger partial charge in [-0.2, -0.15) is 0 Å². The summed E-state index contributed by atoms with van der Waals surface area (Å²) in [6, 6.07) is 0.00563. The molecule has 0 radical (unpaired) electrons. The maximum Gasteiger partial charge on any atom is 0.146 e. The number of nitrogen functional groups attached to an aromatic ring is 1. The van der Waals surface area contributed by atoms with E-state index in [4.69, 9.17) is 10.5 Å². The van der Waals surface area contributed by atoms with E-state index in [-0.39, 0.29) is 12.6 Å². The van der Waals surface area contributed by atoms with Gasteiger partial charge in [-0.05, 0) is 19.4 Å². The van der Waals surface area contributed by atoms with Crippen molar-refractivity contribution in [1.82, 2.24) is 14.9 Å². The molecule has 0 aliphatic carbocycles. The normalized spacial score (nSPS) is 20.2. The van der Waals surface area contributed by atoms with Crippen molar-refractivity contribution in [2.45, 2.75) is 26.4 Å². The Kier molecular flexibility index (Phi) is 4.08. The van der Waals surface area contributed by atoms with Gasteiger partial charge in [0.15, 0.2) is 0 Å². The quantitative estimate of drug-likeness (QED) is 0.883. The molecule has 3 heterocycles. The number of nitrogens with two attached hydrogens (primary N) is 1. The number of hydrogen-bond donors (Lipinski definition) is 2. The number of aromatic nitrogens is 2. The second kappa shape index (κ2) is 5.84. The smallest absolute Gasteiger partial charge is 0.146 e. The second-order valence-corrected chi connectivity index (χ2v) is 6.57. The molecule has 6 nitrogen and oxygen atoms in total. The summed E-state index contributed by atoms with van der Waals surface area (Å²) in [7, 11) is 0. The van der Waals surface area contributed by atoms with Crippen LogP contribution in [0.25, 0.3) is 10.2 Å². The number of ether oxygens (including phenoxy) is 1. The van der Waals surface area contributed by atoms with E-state index in [2.05, 4.69) is 28.7 Å². The molecular formula is C14H20N4O2S. The van der Waals surface area contributed by atoms with Crippen LogP contribution in [0.4, 0.5) is 5.82 Å². The maximum atomic E-state index is 9.42. The summed E-state index contributed by atoms with van der Waals surface area (Å²) in [4.78, 5) is 13.4. The Labute approximate surface area is 127 Å². The van der Waals surface area contributed by atoms with Crippen molar-refractivity contribution in [2.24, 2.45) is 0 Å². The van der Waals surface area contributed by atoms with E-state index in [0.29, 0.717) is 31.4 Å². The maximum absolute atomic E-state index is 9.42. The first-order valence-electron chi connectivity index (χ1n) is 7.05. The second-order valence-electron chi connectivity index (χ2n) is 5.37. The summed E-state index contributed by atoms with van der Waals surface area (Å²) in [6.45, 7) is 6.79. The Hall–Kier alpha value is -1.28. The first kappa shape index (κ1) is 14.6. The predicted octanol–water partition coefficient (Wildman–Crippen LogP) is 1.08. The minimum absolute atomic E-state index is 0.00563. The van der Waals surface area contributed by atoms with E-state index >= 15 is 0 Å². The Bertz CT molecular complexity index is 658. The number of hydrogen-bond acceptors (Lipinski definition) is 7. The van der Waals surface area contributed by atoms with Crippen molar-refractivity contribution in [3.8, 4) is 0 Å². The van der Waals surface area contributed by atoms with Gasteiger partial charge in [0.2, 0.25) is 0 Å². The number of rotatable bonds is 3. The van der Waals surface area contributed by atoms with Gasteiger partial charge in [-0.25, -0.2) is 9.97 Å². The van der Waals surface area contributed by atoms with Gasteiger partial charge in [-0.15, -0.1) is 11.3 Å². The van der Waals surface area contributed by atoms with Crippen molar-refractivity contribution in [2.75, 3.05) is 32.1 Å². The lowest BCUT2D eigenvalue weighted by atomic mass is 10.2. The zero-order valence-corrected chi connectivity index (χ0v) is 13.1. The molecule has 1 aliphatic heterocycles. The van der Waals surface area contributed by atoms with Gasteiger partial charge >= 0.3 is 0 Å². The van der Waals surface area contributed by atoms with Crippen molar-refractivity contribution in [3.63, 3.8) is 0 Å². The molecule has 0 amide bonds. The summed E-state index contributed by atoms with van der Waals surface area (Å²) in [6.07, 6.45) is 0. The third-order valence-electron chi connectivity index (χ3n) is 4.01. The van der Waals surface area contributed by atoms with Gasteiger partial charge in [-0.3, -0.25) is 4.90 Å². The van der Waals surface area contributed by atoms with Crippen LogP contribution >= 0.6 is 11.3 Å². The predicted molar refractivity (Wildman–Crippen MR) is 83.4 cm³/mol. The molecule has 2 aromatic heterocycles. The summed E-state index contributed by atoms with van der Waals surface area (Å²) >= 11 is 1.65. The van der Waals surface area contributed by atoms with E-state index in [9.17, 15) is 5.11 Å². The molecule has 1 saturated heterocycles. The third-order valence-corrected chi connectivity index (χ3v) is 5.11. The Morgan fingerprint density at radius 3 is 3.00 bits per heavy atom. The SMILES string of the molecule is Cc1sc2nc(CN3CCOCC3CO)nc(N)c2c1C. The van der Waals surface area contributed by atoms with Gasteiger partial charge in [-0.1, -0.05) is 0 Å². The zero-order valence-electron chi connectivity index (χ0n) is 12.3. The highest BCUT2D eigenvalue weighted by atomic mass is 32.1. The lowest BCUT2D eigenvalue weighted by Crippen LogP contribution is -2.47. The monoisotopic (exact) mass is 308 g/mol. The minimum Gasteiger partial charge on any atom is -0.395 e. The average Bonchev–Trinajstić information content (AvgIpc) is 2.75. The number of anilines is 1. The molecule has 1 fully saturated rings. The summed E-state index contributed by atoms with van der Waals surface area (Å²) in [5.41, 5.74) is 7.27. The van der Waals surface area contributed by atoms with Gasteiger partial charge in [0.25, 0.3) is 0 Å². The highest BCUT2D eigenvalue weighted by Gasteiger charge is 2.23. The number of aryl methyl sites for hydroxylation is 2. The highest BCUT2D eigenvalue weighted by molar-refractivity contribution is 7.18. The van der Waals surface area contributed by atoms with Crippen molar-refractivity contribution in [3.05, 3.63) is 16.3 Å². The minimum atomic E-state index is 0.00563. The van der Waals surface area contributed by atoms with E-state index < -0.39 is 0 Å². The number of morpholine rings is 1. The Balaban J connectivity index is 1.90. The third kappa shape index (κ3) is 2.74. The molecule has 0 spiro atoms. The van der Waals surface area contributed by atoms with Crippen molar-refractivity contribution in [1.29, 1.82) is 0 Å².